The number of amides is 1. The standard InChI is InChI=1S/C13H15ClN4O4S2/c1-4-17(5-2)13(20)18-7-15-12(16-18)24(21,22)11-9(8(3)19)6-10(14)23-11/h6-7H,4-5H2,1-3H3. The minimum atomic E-state index is -4.15. The Labute approximate surface area is 148 Å². The van der Waals surface area contributed by atoms with E-state index in [1.165, 1.54) is 17.9 Å². The first-order valence-electron chi connectivity index (χ1n) is 6.98. The topological polar surface area (TPSA) is 102 Å². The molecule has 0 saturated carbocycles. The van der Waals surface area contributed by atoms with Gasteiger partial charge in [0, 0.05) is 18.7 Å². The highest BCUT2D eigenvalue weighted by Crippen LogP contribution is 2.33. The van der Waals surface area contributed by atoms with E-state index in [1.54, 1.807) is 13.8 Å². The Bertz CT molecular complexity index is 884. The van der Waals surface area contributed by atoms with Gasteiger partial charge in [-0.3, -0.25) is 4.79 Å². The fraction of sp³-hybridized carbons (Fsp3) is 0.385. The predicted molar refractivity (Wildman–Crippen MR) is 88.5 cm³/mol. The number of ketones is 1. The number of aromatic nitrogens is 3. The molecule has 0 radical (unpaired) electrons. The van der Waals surface area contributed by atoms with Crippen LogP contribution in [0.1, 0.15) is 31.1 Å². The zero-order valence-electron chi connectivity index (χ0n) is 13.2. The van der Waals surface area contributed by atoms with Crippen LogP contribution in [-0.4, -0.2) is 53.0 Å². The molecule has 0 saturated heterocycles. The van der Waals surface area contributed by atoms with Crippen LogP contribution in [0, 0.1) is 0 Å². The first-order valence-corrected chi connectivity index (χ1v) is 9.66. The molecule has 0 aliphatic rings. The van der Waals surface area contributed by atoms with Crippen LogP contribution >= 0.6 is 22.9 Å². The van der Waals surface area contributed by atoms with Crippen LogP contribution in [0.15, 0.2) is 21.8 Å². The van der Waals surface area contributed by atoms with Gasteiger partial charge in [0.25, 0.3) is 15.0 Å². The molecule has 0 spiro atoms. The number of Topliss-reactive ketones (excluding diaryl/α,β-unsaturated/α-hetero) is 1. The summed E-state index contributed by atoms with van der Waals surface area (Å²) in [5.41, 5.74) is -0.0172. The highest BCUT2D eigenvalue weighted by atomic mass is 35.5. The molecular weight excluding hydrogens is 376 g/mol. The normalized spacial score (nSPS) is 11.5. The SMILES string of the molecule is CCN(CC)C(=O)n1cnc(S(=O)(=O)c2sc(Cl)cc2C(C)=O)n1. The van der Waals surface area contributed by atoms with Crippen molar-refractivity contribution in [3.8, 4) is 0 Å². The van der Waals surface area contributed by atoms with Crippen molar-refractivity contribution in [2.24, 2.45) is 0 Å². The molecule has 0 aliphatic heterocycles. The summed E-state index contributed by atoms with van der Waals surface area (Å²) in [5.74, 6) is -0.435. The molecule has 2 aromatic rings. The summed E-state index contributed by atoms with van der Waals surface area (Å²) in [7, 11) is -4.15. The van der Waals surface area contributed by atoms with Crippen LogP contribution < -0.4 is 0 Å². The van der Waals surface area contributed by atoms with E-state index in [1.807, 2.05) is 0 Å². The molecule has 11 heteroatoms. The van der Waals surface area contributed by atoms with E-state index in [-0.39, 0.29) is 14.1 Å². The minimum absolute atomic E-state index is 0.0172. The molecule has 2 heterocycles. The number of carbonyl (C=O) groups is 2. The average Bonchev–Trinajstić information content (AvgIpc) is 3.15. The van der Waals surface area contributed by atoms with E-state index in [0.29, 0.717) is 13.1 Å². The quantitative estimate of drug-likeness (QED) is 0.726. The lowest BCUT2D eigenvalue weighted by molar-refractivity contribution is 0.101. The second-order valence-electron chi connectivity index (χ2n) is 4.74. The van der Waals surface area contributed by atoms with Gasteiger partial charge in [0.15, 0.2) is 5.78 Å². The van der Waals surface area contributed by atoms with Crippen LogP contribution in [0.5, 0.6) is 0 Å². The zero-order chi connectivity index (χ0) is 18.1. The monoisotopic (exact) mass is 390 g/mol. The third kappa shape index (κ3) is 3.35. The van der Waals surface area contributed by atoms with E-state index < -0.39 is 26.8 Å². The number of hydrogen-bond acceptors (Lipinski definition) is 7. The maximum Gasteiger partial charge on any atom is 0.346 e. The molecule has 0 N–H and O–H groups in total. The number of nitrogens with zero attached hydrogens (tertiary/aromatic N) is 4. The summed E-state index contributed by atoms with van der Waals surface area (Å²) in [6, 6.07) is 0.810. The van der Waals surface area contributed by atoms with Crippen molar-refractivity contribution in [2.75, 3.05) is 13.1 Å². The highest BCUT2D eigenvalue weighted by molar-refractivity contribution is 7.93. The third-order valence-electron chi connectivity index (χ3n) is 3.23. The summed E-state index contributed by atoms with van der Waals surface area (Å²) in [6.45, 7) is 5.73. The molecule has 2 rings (SSSR count). The Hall–Kier alpha value is -1.78. The molecule has 0 aromatic carbocycles. The Kier molecular flexibility index (Phi) is 5.41. The largest absolute Gasteiger partial charge is 0.346 e. The van der Waals surface area contributed by atoms with Crippen molar-refractivity contribution < 1.29 is 18.0 Å². The van der Waals surface area contributed by atoms with Gasteiger partial charge in [0.2, 0.25) is 0 Å². The highest BCUT2D eigenvalue weighted by Gasteiger charge is 2.30. The zero-order valence-corrected chi connectivity index (χ0v) is 15.6. The van der Waals surface area contributed by atoms with E-state index >= 15 is 0 Å². The minimum Gasteiger partial charge on any atom is -0.323 e. The van der Waals surface area contributed by atoms with Crippen molar-refractivity contribution in [1.29, 1.82) is 0 Å². The molecule has 8 nitrogen and oxygen atoms in total. The Balaban J connectivity index is 2.46. The molecule has 1 amide bonds. The van der Waals surface area contributed by atoms with Crippen molar-refractivity contribution in [2.45, 2.75) is 30.1 Å². The van der Waals surface area contributed by atoms with Crippen LogP contribution in [0.4, 0.5) is 4.79 Å². The Morgan fingerprint density at radius 3 is 2.50 bits per heavy atom. The van der Waals surface area contributed by atoms with Gasteiger partial charge in [-0.15, -0.1) is 16.4 Å². The second-order valence-corrected chi connectivity index (χ2v) is 8.46. The molecule has 0 atom stereocenters. The van der Waals surface area contributed by atoms with Gasteiger partial charge in [0.1, 0.15) is 10.5 Å². The smallest absolute Gasteiger partial charge is 0.323 e. The third-order valence-corrected chi connectivity index (χ3v) is 6.58. The van der Waals surface area contributed by atoms with Gasteiger partial charge < -0.3 is 4.90 Å². The first-order chi connectivity index (χ1) is 11.2. The fourth-order valence-corrected chi connectivity index (χ4v) is 5.09. The molecule has 0 unspecified atom stereocenters. The van der Waals surface area contributed by atoms with Crippen molar-refractivity contribution in [3.05, 3.63) is 22.3 Å². The van der Waals surface area contributed by atoms with Gasteiger partial charge in [-0.1, -0.05) is 11.6 Å². The lowest BCUT2D eigenvalue weighted by atomic mass is 10.2. The molecule has 0 bridgehead atoms. The van der Waals surface area contributed by atoms with E-state index in [4.69, 9.17) is 11.6 Å². The maximum atomic E-state index is 12.7. The Morgan fingerprint density at radius 2 is 1.96 bits per heavy atom. The van der Waals surface area contributed by atoms with Crippen molar-refractivity contribution >= 4 is 44.6 Å². The summed E-state index contributed by atoms with van der Waals surface area (Å²) < 4.78 is 26.1. The van der Waals surface area contributed by atoms with Crippen LogP contribution in [-0.2, 0) is 9.84 Å². The molecule has 0 fully saturated rings. The molecular formula is C13H15ClN4O4S2. The first kappa shape index (κ1) is 18.6. The lowest BCUT2D eigenvalue weighted by Crippen LogP contribution is -2.34. The summed E-state index contributed by atoms with van der Waals surface area (Å²) >= 11 is 6.58. The summed E-state index contributed by atoms with van der Waals surface area (Å²) in [5, 5.41) is 3.21. The van der Waals surface area contributed by atoms with E-state index in [2.05, 4.69) is 10.1 Å². The second kappa shape index (κ2) is 6.99. The van der Waals surface area contributed by atoms with Gasteiger partial charge >= 0.3 is 6.03 Å². The number of carbonyl (C=O) groups excluding carboxylic acids is 2. The molecule has 24 heavy (non-hydrogen) atoms. The summed E-state index contributed by atoms with van der Waals surface area (Å²) in [4.78, 5) is 29.0. The molecule has 0 aliphatic carbocycles. The van der Waals surface area contributed by atoms with Crippen LogP contribution in [0.3, 0.4) is 0 Å². The maximum absolute atomic E-state index is 12.7. The van der Waals surface area contributed by atoms with E-state index in [9.17, 15) is 18.0 Å². The summed E-state index contributed by atoms with van der Waals surface area (Å²) in [6.07, 6.45) is 1.04. The van der Waals surface area contributed by atoms with Crippen LogP contribution in [0.2, 0.25) is 4.34 Å². The lowest BCUT2D eigenvalue weighted by Gasteiger charge is -2.17. The number of thiophene rings is 1. The Morgan fingerprint density at radius 1 is 1.33 bits per heavy atom. The van der Waals surface area contributed by atoms with Crippen LogP contribution in [0.25, 0.3) is 0 Å². The van der Waals surface area contributed by atoms with Gasteiger partial charge in [-0.05, 0) is 26.8 Å². The fourth-order valence-electron chi connectivity index (χ4n) is 1.98. The van der Waals surface area contributed by atoms with Crippen molar-refractivity contribution in [3.63, 3.8) is 0 Å². The number of sulfone groups is 1. The number of hydrogen-bond donors (Lipinski definition) is 0. The van der Waals surface area contributed by atoms with E-state index in [0.717, 1.165) is 22.3 Å². The molecule has 2 aromatic heterocycles. The van der Waals surface area contributed by atoms with Gasteiger partial charge in [0.05, 0.1) is 4.34 Å². The number of rotatable bonds is 5. The molecule has 130 valence electrons. The van der Waals surface area contributed by atoms with Gasteiger partial charge in [-0.25, -0.2) is 18.2 Å². The van der Waals surface area contributed by atoms with Gasteiger partial charge in [-0.2, -0.15) is 4.68 Å². The van der Waals surface area contributed by atoms with Crippen molar-refractivity contribution in [1.82, 2.24) is 19.7 Å². The average molecular weight is 391 g/mol. The predicted octanol–water partition coefficient (Wildman–Crippen LogP) is 2.34. The number of halogens is 1.